The number of ketones is 2. The number of rotatable bonds is 1. The maximum Gasteiger partial charge on any atom is 0.148 e. The van der Waals surface area contributed by atoms with Gasteiger partial charge in [-0.2, -0.15) is 0 Å². The molecule has 1 spiro atoms. The first-order valence-electron chi connectivity index (χ1n) is 10.3. The highest BCUT2D eigenvalue weighted by Crippen LogP contribution is 2.51. The third kappa shape index (κ3) is 2.68. The SMILES string of the molecule is O=C1CCCC(=O)C12Cc1ccc(Br)cc1N1CC[C@@H](c3ccccc3)C[C@@H]12. The number of carbonyl (C=O) groups excluding carboxylic acids is 2. The van der Waals surface area contributed by atoms with E-state index in [4.69, 9.17) is 0 Å². The van der Waals surface area contributed by atoms with Crippen molar-refractivity contribution in [2.75, 3.05) is 11.4 Å². The molecule has 0 bridgehead atoms. The average molecular weight is 438 g/mol. The van der Waals surface area contributed by atoms with Crippen LogP contribution in [0.3, 0.4) is 0 Å². The first kappa shape index (κ1) is 18.1. The Morgan fingerprint density at radius 1 is 1.00 bits per heavy atom. The summed E-state index contributed by atoms with van der Waals surface area (Å²) in [6, 6.07) is 16.8. The molecule has 5 rings (SSSR count). The Balaban J connectivity index is 1.62. The minimum atomic E-state index is -0.855. The molecule has 28 heavy (non-hydrogen) atoms. The minimum Gasteiger partial charge on any atom is -0.367 e. The summed E-state index contributed by atoms with van der Waals surface area (Å²) in [4.78, 5) is 29.0. The van der Waals surface area contributed by atoms with Gasteiger partial charge in [-0.05, 0) is 54.9 Å². The monoisotopic (exact) mass is 437 g/mol. The summed E-state index contributed by atoms with van der Waals surface area (Å²) in [7, 11) is 0. The number of hydrogen-bond acceptors (Lipinski definition) is 3. The summed E-state index contributed by atoms with van der Waals surface area (Å²) in [6.45, 7) is 0.885. The number of benzene rings is 2. The number of hydrogen-bond donors (Lipinski definition) is 0. The lowest BCUT2D eigenvalue weighted by atomic mass is 9.58. The Morgan fingerprint density at radius 2 is 1.75 bits per heavy atom. The first-order valence-corrected chi connectivity index (χ1v) is 11.1. The lowest BCUT2D eigenvalue weighted by Gasteiger charge is -2.54. The summed E-state index contributed by atoms with van der Waals surface area (Å²) in [5.74, 6) is 0.734. The molecule has 0 amide bonds. The molecule has 2 fully saturated rings. The standard InChI is InChI=1S/C24H24BrNO2/c25-19-10-9-18-15-24(22(27)7-4-8-23(24)28)21-13-17(16-5-2-1-3-6-16)11-12-26(21)20(18)14-19/h1-3,5-6,9-10,14,17,21H,4,7-8,11-13,15H2/t17-,21-/m1/s1. The number of fused-ring (bicyclic) bond motifs is 4. The molecule has 2 heterocycles. The lowest BCUT2D eigenvalue weighted by Crippen LogP contribution is -2.63. The molecule has 1 saturated heterocycles. The molecule has 3 nitrogen and oxygen atoms in total. The third-order valence-corrected chi connectivity index (χ3v) is 7.56. The van der Waals surface area contributed by atoms with Crippen LogP contribution in [0.5, 0.6) is 0 Å². The van der Waals surface area contributed by atoms with Crippen LogP contribution in [0.1, 0.15) is 49.1 Å². The normalized spacial score (nSPS) is 26.1. The maximum absolute atomic E-state index is 13.3. The fourth-order valence-electron chi connectivity index (χ4n) is 5.70. The molecule has 2 aliphatic heterocycles. The van der Waals surface area contributed by atoms with Crippen LogP contribution in [0.25, 0.3) is 0 Å². The van der Waals surface area contributed by atoms with Gasteiger partial charge in [-0.15, -0.1) is 0 Å². The van der Waals surface area contributed by atoms with Gasteiger partial charge in [0.25, 0.3) is 0 Å². The Kier molecular flexibility index (Phi) is 4.42. The van der Waals surface area contributed by atoms with Crippen LogP contribution in [0, 0.1) is 5.41 Å². The zero-order valence-electron chi connectivity index (χ0n) is 15.9. The van der Waals surface area contributed by atoms with E-state index in [1.165, 1.54) is 11.3 Å². The highest BCUT2D eigenvalue weighted by Gasteiger charge is 2.58. The van der Waals surface area contributed by atoms with E-state index < -0.39 is 5.41 Å². The summed E-state index contributed by atoms with van der Waals surface area (Å²) in [5, 5.41) is 0. The quantitative estimate of drug-likeness (QED) is 0.584. The van der Waals surface area contributed by atoms with Gasteiger partial charge in [-0.3, -0.25) is 9.59 Å². The van der Waals surface area contributed by atoms with Crippen LogP contribution in [0.4, 0.5) is 5.69 Å². The molecule has 1 saturated carbocycles. The summed E-state index contributed by atoms with van der Waals surface area (Å²) < 4.78 is 1.05. The summed E-state index contributed by atoms with van der Waals surface area (Å²) >= 11 is 3.61. The molecule has 2 aromatic rings. The van der Waals surface area contributed by atoms with Crippen LogP contribution in [-0.2, 0) is 16.0 Å². The number of anilines is 1. The smallest absolute Gasteiger partial charge is 0.148 e. The zero-order chi connectivity index (χ0) is 19.3. The molecule has 144 valence electrons. The van der Waals surface area contributed by atoms with Gasteiger partial charge < -0.3 is 4.90 Å². The van der Waals surface area contributed by atoms with Gasteiger partial charge in [0, 0.05) is 35.6 Å². The molecule has 4 heteroatoms. The second-order valence-electron chi connectivity index (χ2n) is 8.46. The predicted octanol–water partition coefficient (Wildman–Crippen LogP) is 5.07. The molecule has 3 aliphatic rings. The predicted molar refractivity (Wildman–Crippen MR) is 114 cm³/mol. The van der Waals surface area contributed by atoms with Crippen molar-refractivity contribution in [1.82, 2.24) is 0 Å². The van der Waals surface area contributed by atoms with Gasteiger partial charge in [-0.1, -0.05) is 52.3 Å². The van der Waals surface area contributed by atoms with E-state index in [-0.39, 0.29) is 17.6 Å². The molecular formula is C24H24BrNO2. The molecule has 2 aromatic carbocycles. The van der Waals surface area contributed by atoms with E-state index in [1.54, 1.807) is 0 Å². The first-order chi connectivity index (χ1) is 13.6. The van der Waals surface area contributed by atoms with E-state index in [0.29, 0.717) is 31.6 Å². The zero-order valence-corrected chi connectivity index (χ0v) is 17.5. The second kappa shape index (κ2) is 6.84. The number of carbonyl (C=O) groups is 2. The van der Waals surface area contributed by atoms with Crippen LogP contribution in [0.15, 0.2) is 53.0 Å². The van der Waals surface area contributed by atoms with E-state index in [2.05, 4.69) is 57.2 Å². The molecule has 0 N–H and O–H groups in total. The maximum atomic E-state index is 13.3. The number of Topliss-reactive ketones (excluding diaryl/α,β-unsaturated/α-hetero) is 2. The molecular weight excluding hydrogens is 414 g/mol. The van der Waals surface area contributed by atoms with E-state index in [1.807, 2.05) is 12.1 Å². The van der Waals surface area contributed by atoms with Crippen molar-refractivity contribution in [2.24, 2.45) is 5.41 Å². The average Bonchev–Trinajstić information content (AvgIpc) is 2.72. The third-order valence-electron chi connectivity index (χ3n) is 7.07. The Labute approximate surface area is 174 Å². The van der Waals surface area contributed by atoms with Crippen LogP contribution >= 0.6 is 15.9 Å². The number of piperidine rings is 1. The van der Waals surface area contributed by atoms with Crippen molar-refractivity contribution in [3.63, 3.8) is 0 Å². The Bertz CT molecular complexity index is 923. The van der Waals surface area contributed by atoms with Crippen LogP contribution in [0.2, 0.25) is 0 Å². The molecule has 0 radical (unpaired) electrons. The largest absolute Gasteiger partial charge is 0.367 e. The van der Waals surface area contributed by atoms with Gasteiger partial charge in [0.15, 0.2) is 0 Å². The Morgan fingerprint density at radius 3 is 2.50 bits per heavy atom. The highest BCUT2D eigenvalue weighted by atomic mass is 79.9. The van der Waals surface area contributed by atoms with Gasteiger partial charge >= 0.3 is 0 Å². The van der Waals surface area contributed by atoms with E-state index in [0.717, 1.165) is 29.4 Å². The van der Waals surface area contributed by atoms with Gasteiger partial charge in [0.05, 0.1) is 0 Å². The van der Waals surface area contributed by atoms with Crippen molar-refractivity contribution in [2.45, 2.75) is 50.5 Å². The fraction of sp³-hybridized carbons (Fsp3) is 0.417. The van der Waals surface area contributed by atoms with E-state index >= 15 is 0 Å². The minimum absolute atomic E-state index is 0.0337. The second-order valence-corrected chi connectivity index (χ2v) is 9.38. The highest BCUT2D eigenvalue weighted by molar-refractivity contribution is 9.10. The summed E-state index contributed by atoms with van der Waals surface area (Å²) in [5.41, 5.74) is 2.81. The lowest BCUT2D eigenvalue weighted by molar-refractivity contribution is -0.146. The van der Waals surface area contributed by atoms with Crippen molar-refractivity contribution in [3.05, 3.63) is 64.1 Å². The van der Waals surface area contributed by atoms with Crippen LogP contribution < -0.4 is 4.90 Å². The topological polar surface area (TPSA) is 37.4 Å². The number of nitrogens with zero attached hydrogens (tertiary/aromatic N) is 1. The molecule has 2 atom stereocenters. The van der Waals surface area contributed by atoms with E-state index in [9.17, 15) is 9.59 Å². The Hall–Kier alpha value is -1.94. The molecule has 0 unspecified atom stereocenters. The van der Waals surface area contributed by atoms with Crippen molar-refractivity contribution in [1.29, 1.82) is 0 Å². The molecule has 0 aromatic heterocycles. The van der Waals surface area contributed by atoms with Crippen molar-refractivity contribution >= 4 is 33.2 Å². The van der Waals surface area contributed by atoms with Crippen molar-refractivity contribution in [3.8, 4) is 0 Å². The van der Waals surface area contributed by atoms with Crippen molar-refractivity contribution < 1.29 is 9.59 Å². The fourth-order valence-corrected chi connectivity index (χ4v) is 6.05. The van der Waals surface area contributed by atoms with Gasteiger partial charge in [0.1, 0.15) is 17.0 Å². The molecule has 1 aliphatic carbocycles. The van der Waals surface area contributed by atoms with Crippen LogP contribution in [-0.4, -0.2) is 24.2 Å². The van der Waals surface area contributed by atoms with Gasteiger partial charge in [-0.25, -0.2) is 0 Å². The summed E-state index contributed by atoms with van der Waals surface area (Å²) in [6.07, 6.45) is 4.27. The van der Waals surface area contributed by atoms with Gasteiger partial charge in [0.2, 0.25) is 0 Å². The number of halogens is 1.